The number of para-hydroxylation sites is 1. The number of amides is 1. The van der Waals surface area contributed by atoms with E-state index in [1.54, 1.807) is 12.0 Å². The van der Waals surface area contributed by atoms with E-state index in [2.05, 4.69) is 4.99 Å². The van der Waals surface area contributed by atoms with Crippen LogP contribution in [0.15, 0.2) is 29.3 Å². The molecular formula is C18H29IN4O3. The lowest BCUT2D eigenvalue weighted by Crippen LogP contribution is -2.53. The van der Waals surface area contributed by atoms with E-state index in [9.17, 15) is 4.79 Å². The fraction of sp³-hybridized carbons (Fsp3) is 0.556. The molecule has 2 rings (SSSR count). The molecule has 1 aliphatic heterocycles. The largest absolute Gasteiger partial charge is 0.496 e. The highest BCUT2D eigenvalue weighted by Crippen LogP contribution is 2.18. The van der Waals surface area contributed by atoms with Crippen LogP contribution in [0, 0.1) is 0 Å². The molecule has 0 saturated carbocycles. The number of guanidine groups is 1. The van der Waals surface area contributed by atoms with Gasteiger partial charge in [-0.25, -0.2) is 9.79 Å². The van der Waals surface area contributed by atoms with Crippen molar-refractivity contribution < 1.29 is 14.3 Å². The number of piperazine rings is 1. The molecule has 1 aromatic carbocycles. The fourth-order valence-electron chi connectivity index (χ4n) is 2.54. The summed E-state index contributed by atoms with van der Waals surface area (Å²) in [7, 11) is 1.64. The van der Waals surface area contributed by atoms with Crippen LogP contribution >= 0.6 is 24.0 Å². The monoisotopic (exact) mass is 476 g/mol. The summed E-state index contributed by atoms with van der Waals surface area (Å²) in [5.74, 6) is 1.28. The fourth-order valence-corrected chi connectivity index (χ4v) is 2.54. The summed E-state index contributed by atoms with van der Waals surface area (Å²) in [5.41, 5.74) is 6.62. The Kier molecular flexibility index (Phi) is 8.45. The number of carbonyl (C=O) groups excluding carboxylic acids is 1. The van der Waals surface area contributed by atoms with Crippen molar-refractivity contribution in [1.82, 2.24) is 9.80 Å². The van der Waals surface area contributed by atoms with E-state index in [0.717, 1.165) is 11.3 Å². The molecule has 0 bridgehead atoms. The van der Waals surface area contributed by atoms with E-state index in [0.29, 0.717) is 38.7 Å². The second kappa shape index (κ2) is 9.84. The second-order valence-corrected chi connectivity index (χ2v) is 6.94. The van der Waals surface area contributed by atoms with Gasteiger partial charge in [0.05, 0.1) is 13.7 Å². The molecule has 1 aliphatic rings. The third kappa shape index (κ3) is 6.54. The quantitative estimate of drug-likeness (QED) is 0.412. The van der Waals surface area contributed by atoms with Crippen LogP contribution in [-0.4, -0.2) is 60.7 Å². The van der Waals surface area contributed by atoms with E-state index in [1.165, 1.54) is 0 Å². The summed E-state index contributed by atoms with van der Waals surface area (Å²) in [4.78, 5) is 20.2. The van der Waals surface area contributed by atoms with Gasteiger partial charge in [-0.05, 0) is 26.8 Å². The molecule has 146 valence electrons. The normalized spacial score (nSPS) is 15.3. The molecule has 1 heterocycles. The van der Waals surface area contributed by atoms with E-state index < -0.39 is 5.60 Å². The number of aliphatic imine (C=N–C) groups is 1. The lowest BCUT2D eigenvalue weighted by Gasteiger charge is -2.36. The number of ether oxygens (including phenoxy) is 2. The maximum Gasteiger partial charge on any atom is 0.410 e. The third-order valence-corrected chi connectivity index (χ3v) is 3.86. The minimum absolute atomic E-state index is 0. The Morgan fingerprint density at radius 3 is 2.31 bits per heavy atom. The topological polar surface area (TPSA) is 80.4 Å². The van der Waals surface area contributed by atoms with Crippen LogP contribution in [0.4, 0.5) is 4.79 Å². The molecule has 7 nitrogen and oxygen atoms in total. The standard InChI is InChI=1S/C18H28N4O3.HI/c1-18(2,3)25-17(23)22-11-9-21(10-12-22)16(19)20-13-14-7-5-6-8-15(14)24-4;/h5-8H,9-13H2,1-4H3,(H2,19,20);1H. The first-order valence-corrected chi connectivity index (χ1v) is 8.45. The zero-order valence-electron chi connectivity index (χ0n) is 15.9. The van der Waals surface area contributed by atoms with Gasteiger partial charge in [0.25, 0.3) is 0 Å². The molecule has 0 atom stereocenters. The number of benzene rings is 1. The summed E-state index contributed by atoms with van der Waals surface area (Å²) in [5, 5.41) is 0. The van der Waals surface area contributed by atoms with Crippen molar-refractivity contribution >= 4 is 36.0 Å². The molecule has 0 radical (unpaired) electrons. The Hall–Kier alpha value is -1.71. The van der Waals surface area contributed by atoms with Crippen LogP contribution in [0.3, 0.4) is 0 Å². The molecule has 0 aliphatic carbocycles. The highest BCUT2D eigenvalue weighted by Gasteiger charge is 2.26. The minimum Gasteiger partial charge on any atom is -0.496 e. The lowest BCUT2D eigenvalue weighted by atomic mass is 10.2. The molecule has 0 unspecified atom stereocenters. The Bertz CT molecular complexity index is 623. The average molecular weight is 476 g/mol. The summed E-state index contributed by atoms with van der Waals surface area (Å²) in [6.07, 6.45) is -0.281. The van der Waals surface area contributed by atoms with Gasteiger partial charge in [0, 0.05) is 31.7 Å². The Morgan fingerprint density at radius 2 is 1.73 bits per heavy atom. The van der Waals surface area contributed by atoms with Gasteiger partial charge < -0.3 is 25.0 Å². The first kappa shape index (κ1) is 22.3. The van der Waals surface area contributed by atoms with Gasteiger partial charge in [0.15, 0.2) is 5.96 Å². The zero-order chi connectivity index (χ0) is 18.4. The summed E-state index contributed by atoms with van der Waals surface area (Å²) >= 11 is 0. The van der Waals surface area contributed by atoms with Gasteiger partial charge in [0.1, 0.15) is 11.4 Å². The van der Waals surface area contributed by atoms with Crippen LogP contribution in [0.5, 0.6) is 5.75 Å². The smallest absolute Gasteiger partial charge is 0.410 e. The first-order valence-electron chi connectivity index (χ1n) is 8.45. The number of carbonyl (C=O) groups is 1. The molecule has 2 N–H and O–H groups in total. The number of hydrogen-bond acceptors (Lipinski definition) is 4. The van der Waals surface area contributed by atoms with Crippen molar-refractivity contribution in [3.05, 3.63) is 29.8 Å². The Balaban J connectivity index is 0.00000338. The molecule has 1 fully saturated rings. The number of nitrogens with zero attached hydrogens (tertiary/aromatic N) is 3. The minimum atomic E-state index is -0.483. The number of hydrogen-bond donors (Lipinski definition) is 1. The van der Waals surface area contributed by atoms with Gasteiger partial charge >= 0.3 is 6.09 Å². The van der Waals surface area contributed by atoms with Crippen molar-refractivity contribution in [2.24, 2.45) is 10.7 Å². The summed E-state index contributed by atoms with van der Waals surface area (Å²) < 4.78 is 10.7. The van der Waals surface area contributed by atoms with E-state index >= 15 is 0 Å². The number of methoxy groups -OCH3 is 1. The van der Waals surface area contributed by atoms with Crippen LogP contribution in [-0.2, 0) is 11.3 Å². The van der Waals surface area contributed by atoms with Gasteiger partial charge in [-0.3, -0.25) is 0 Å². The van der Waals surface area contributed by atoms with Gasteiger partial charge in [0.2, 0.25) is 0 Å². The Labute approximate surface area is 172 Å². The van der Waals surface area contributed by atoms with Crippen molar-refractivity contribution in [2.45, 2.75) is 32.9 Å². The van der Waals surface area contributed by atoms with Crippen molar-refractivity contribution in [3.8, 4) is 5.75 Å². The average Bonchev–Trinajstić information content (AvgIpc) is 2.58. The lowest BCUT2D eigenvalue weighted by molar-refractivity contribution is 0.0186. The maximum atomic E-state index is 12.1. The molecule has 0 spiro atoms. The van der Waals surface area contributed by atoms with Gasteiger partial charge in [-0.15, -0.1) is 24.0 Å². The van der Waals surface area contributed by atoms with E-state index in [1.807, 2.05) is 49.9 Å². The van der Waals surface area contributed by atoms with Crippen LogP contribution < -0.4 is 10.5 Å². The molecule has 1 amide bonds. The van der Waals surface area contributed by atoms with E-state index in [4.69, 9.17) is 15.2 Å². The summed E-state index contributed by atoms with van der Waals surface area (Å²) in [6, 6.07) is 7.74. The number of nitrogens with two attached hydrogens (primary N) is 1. The first-order chi connectivity index (χ1) is 11.8. The molecular weight excluding hydrogens is 447 g/mol. The molecule has 26 heavy (non-hydrogen) atoms. The van der Waals surface area contributed by atoms with Crippen molar-refractivity contribution in [2.75, 3.05) is 33.3 Å². The second-order valence-electron chi connectivity index (χ2n) is 6.94. The maximum absolute atomic E-state index is 12.1. The molecule has 0 aromatic heterocycles. The molecule has 1 aromatic rings. The van der Waals surface area contributed by atoms with Crippen molar-refractivity contribution in [3.63, 3.8) is 0 Å². The van der Waals surface area contributed by atoms with Gasteiger partial charge in [-0.1, -0.05) is 18.2 Å². The molecule has 1 saturated heterocycles. The predicted octanol–water partition coefficient (Wildman–Crippen LogP) is 2.68. The van der Waals surface area contributed by atoms with Crippen molar-refractivity contribution in [1.29, 1.82) is 0 Å². The van der Waals surface area contributed by atoms with Crippen LogP contribution in [0.25, 0.3) is 0 Å². The Morgan fingerprint density at radius 1 is 1.15 bits per heavy atom. The number of rotatable bonds is 3. The van der Waals surface area contributed by atoms with E-state index in [-0.39, 0.29) is 30.1 Å². The third-order valence-electron chi connectivity index (χ3n) is 3.86. The van der Waals surface area contributed by atoms with Gasteiger partial charge in [-0.2, -0.15) is 0 Å². The highest BCUT2D eigenvalue weighted by atomic mass is 127. The zero-order valence-corrected chi connectivity index (χ0v) is 18.2. The number of halogens is 1. The summed E-state index contributed by atoms with van der Waals surface area (Å²) in [6.45, 7) is 8.47. The predicted molar refractivity (Wildman–Crippen MR) is 113 cm³/mol. The van der Waals surface area contributed by atoms with Crippen LogP contribution in [0.2, 0.25) is 0 Å². The SMILES string of the molecule is COc1ccccc1CN=C(N)N1CCN(C(=O)OC(C)(C)C)CC1.I. The molecule has 8 heteroatoms. The highest BCUT2D eigenvalue weighted by molar-refractivity contribution is 14.0. The van der Waals surface area contributed by atoms with Crippen LogP contribution in [0.1, 0.15) is 26.3 Å².